The van der Waals surface area contributed by atoms with Crippen LogP contribution in [0.3, 0.4) is 0 Å². The van der Waals surface area contributed by atoms with Gasteiger partial charge in [-0.15, -0.1) is 0 Å². The summed E-state index contributed by atoms with van der Waals surface area (Å²) in [5.41, 5.74) is 11.0. The van der Waals surface area contributed by atoms with Gasteiger partial charge in [-0.3, -0.25) is 18.8 Å². The topological polar surface area (TPSA) is 89.8 Å². The Balaban J connectivity index is 0.000000133. The highest BCUT2D eigenvalue weighted by molar-refractivity contribution is 9.10. The van der Waals surface area contributed by atoms with Crippen molar-refractivity contribution in [3.05, 3.63) is 211 Å². The van der Waals surface area contributed by atoms with Gasteiger partial charge in [-0.2, -0.15) is 0 Å². The largest absolute Gasteiger partial charge is 0.508 e. The van der Waals surface area contributed by atoms with Crippen LogP contribution in [0, 0.1) is 0 Å². The Morgan fingerprint density at radius 3 is 1.51 bits per heavy atom. The summed E-state index contributed by atoms with van der Waals surface area (Å²) in [7, 11) is 0. The Hall–Kier alpha value is -7.88. The molecule has 340 valence electrons. The minimum Gasteiger partial charge on any atom is -0.508 e. The number of hydrogen-bond donors (Lipinski definition) is 1. The van der Waals surface area contributed by atoms with Crippen LogP contribution in [0.15, 0.2) is 199 Å². The normalized spacial score (nSPS) is 11.8. The fourth-order valence-electron chi connectivity index (χ4n) is 8.79. The fourth-order valence-corrected chi connectivity index (χ4v) is 9.19. The number of aromatic nitrogens is 6. The van der Waals surface area contributed by atoms with E-state index < -0.39 is 0 Å². The van der Waals surface area contributed by atoms with Gasteiger partial charge in [0.15, 0.2) is 0 Å². The first-order valence-corrected chi connectivity index (χ1v) is 23.8. The number of benzene rings is 6. The number of aromatic hydroxyl groups is 1. The number of fused-ring (bicyclic) bond motifs is 12. The van der Waals surface area contributed by atoms with Crippen molar-refractivity contribution in [3.63, 3.8) is 0 Å². The molecule has 8 nitrogen and oxygen atoms in total. The third-order valence-corrected chi connectivity index (χ3v) is 12.9. The van der Waals surface area contributed by atoms with Crippen molar-refractivity contribution in [1.82, 2.24) is 28.7 Å². The summed E-state index contributed by atoms with van der Waals surface area (Å²) in [5, 5.41) is 16.3. The first kappa shape index (κ1) is 44.9. The third kappa shape index (κ3) is 9.26. The Bertz CT molecular complexity index is 3840. The minimum absolute atomic E-state index is 0.0687. The first-order valence-electron chi connectivity index (χ1n) is 23.0. The van der Waals surface area contributed by atoms with E-state index in [4.69, 9.17) is 4.74 Å². The lowest BCUT2D eigenvalue weighted by molar-refractivity contribution is 0.476. The van der Waals surface area contributed by atoms with Crippen molar-refractivity contribution in [1.29, 1.82) is 0 Å². The number of halogens is 1. The molecule has 0 aliphatic heterocycles. The van der Waals surface area contributed by atoms with E-state index in [0.717, 1.165) is 82.4 Å². The summed E-state index contributed by atoms with van der Waals surface area (Å²) >= 11 is 3.49. The van der Waals surface area contributed by atoms with E-state index in [1.165, 1.54) is 21.9 Å². The van der Waals surface area contributed by atoms with Gasteiger partial charge in [0.1, 0.15) is 28.5 Å². The van der Waals surface area contributed by atoms with Crippen LogP contribution >= 0.6 is 15.9 Å². The SMILES string of the molecule is CC(C)(C)c1ccnc(-c2cccc(Br)c2)c1.CC(C)(C)c1ccnc(-c2cccc(Oc3ccc4c5ccccc5n5ccnc5c4c3)c2)c1.Oc1ccc2c3ccccc3n3ccnc3c2c1. The van der Waals surface area contributed by atoms with Gasteiger partial charge in [-0.1, -0.05) is 118 Å². The van der Waals surface area contributed by atoms with E-state index in [2.05, 4.69) is 177 Å². The van der Waals surface area contributed by atoms with Crippen LogP contribution in [0.4, 0.5) is 0 Å². The zero-order chi connectivity index (χ0) is 47.9. The summed E-state index contributed by atoms with van der Waals surface area (Å²) in [4.78, 5) is 18.1. The van der Waals surface area contributed by atoms with Crippen LogP contribution in [-0.4, -0.2) is 33.8 Å². The Kier molecular flexibility index (Phi) is 11.9. The molecule has 12 aromatic rings. The summed E-state index contributed by atoms with van der Waals surface area (Å²) < 4.78 is 11.6. The Morgan fingerprint density at radius 1 is 0.435 bits per heavy atom. The van der Waals surface area contributed by atoms with Gasteiger partial charge in [0, 0.05) is 74.3 Å². The number of imidazole rings is 2. The van der Waals surface area contributed by atoms with Crippen molar-refractivity contribution in [2.75, 3.05) is 0 Å². The Labute approximate surface area is 409 Å². The monoisotopic (exact) mass is 966 g/mol. The maximum atomic E-state index is 9.66. The molecule has 0 aliphatic rings. The van der Waals surface area contributed by atoms with E-state index in [1.54, 1.807) is 18.3 Å². The van der Waals surface area contributed by atoms with Crippen LogP contribution < -0.4 is 4.74 Å². The number of nitrogens with zero attached hydrogens (tertiary/aromatic N) is 6. The average molecular weight is 968 g/mol. The van der Waals surface area contributed by atoms with E-state index >= 15 is 0 Å². The summed E-state index contributed by atoms with van der Waals surface area (Å²) in [6, 6.07) is 53.1. The molecule has 1 N–H and O–H groups in total. The van der Waals surface area contributed by atoms with Crippen molar-refractivity contribution < 1.29 is 9.84 Å². The van der Waals surface area contributed by atoms with Gasteiger partial charge in [0.25, 0.3) is 0 Å². The first-order chi connectivity index (χ1) is 33.3. The third-order valence-electron chi connectivity index (χ3n) is 12.4. The number of hydrogen-bond acceptors (Lipinski definition) is 6. The molecule has 0 spiro atoms. The van der Waals surface area contributed by atoms with Crippen LogP contribution in [0.25, 0.3) is 77.2 Å². The molecule has 0 radical (unpaired) electrons. The molecule has 12 rings (SSSR count). The quantitative estimate of drug-likeness (QED) is 0.177. The lowest BCUT2D eigenvalue weighted by atomic mass is 9.87. The highest BCUT2D eigenvalue weighted by Gasteiger charge is 2.17. The lowest BCUT2D eigenvalue weighted by Gasteiger charge is -2.19. The van der Waals surface area contributed by atoms with E-state index in [-0.39, 0.29) is 16.6 Å². The van der Waals surface area contributed by atoms with Gasteiger partial charge in [-0.05, 0) is 130 Å². The predicted molar refractivity (Wildman–Crippen MR) is 287 cm³/mol. The highest BCUT2D eigenvalue weighted by Crippen LogP contribution is 2.36. The van der Waals surface area contributed by atoms with Gasteiger partial charge < -0.3 is 9.84 Å². The zero-order valence-corrected chi connectivity index (χ0v) is 41.0. The van der Waals surface area contributed by atoms with Crippen molar-refractivity contribution in [3.8, 4) is 39.8 Å². The van der Waals surface area contributed by atoms with Gasteiger partial charge in [0.2, 0.25) is 0 Å². The average Bonchev–Trinajstić information content (AvgIpc) is 4.07. The fraction of sp³-hybridized carbons (Fsp3) is 0.133. The molecule has 0 saturated carbocycles. The molecule has 0 unspecified atom stereocenters. The maximum absolute atomic E-state index is 9.66. The molecule has 0 saturated heterocycles. The van der Waals surface area contributed by atoms with Crippen LogP contribution in [0.2, 0.25) is 0 Å². The second kappa shape index (κ2) is 18.3. The van der Waals surface area contributed by atoms with Crippen LogP contribution in [-0.2, 0) is 10.8 Å². The molecule has 6 heterocycles. The standard InChI is InChI=1S/C30H25N3O.C15H16BrN.C15H10N2O/c1-30(2,3)21-13-14-31-27(18-21)20-7-6-8-22(17-20)34-23-11-12-24-25-9-4-5-10-28(25)33-16-15-32-29(33)26(24)19-23;1-15(2,3)12-7-8-17-14(10-12)11-5-4-6-13(16)9-11;18-10-5-6-11-12-3-1-2-4-14(12)17-8-7-16-15(17)13(11)9-10/h4-19H,1-3H3;4-10H,1-3H3;1-9,18H. The molecule has 69 heavy (non-hydrogen) atoms. The highest BCUT2D eigenvalue weighted by atomic mass is 79.9. The number of phenols is 1. The Morgan fingerprint density at radius 2 is 0.942 bits per heavy atom. The maximum Gasteiger partial charge on any atom is 0.145 e. The molecule has 0 atom stereocenters. The smallest absolute Gasteiger partial charge is 0.145 e. The number of ether oxygens (including phenoxy) is 1. The molecular formula is C60H51BrN6O2. The number of phenolic OH excluding ortho intramolecular Hbond substituents is 1. The summed E-state index contributed by atoms with van der Waals surface area (Å²) in [5.74, 6) is 1.82. The molecule has 0 amide bonds. The number of para-hydroxylation sites is 2. The van der Waals surface area contributed by atoms with Crippen molar-refractivity contribution in [2.45, 2.75) is 52.4 Å². The minimum atomic E-state index is 0.0687. The van der Waals surface area contributed by atoms with Crippen molar-refractivity contribution >= 4 is 70.6 Å². The second-order valence-electron chi connectivity index (χ2n) is 19.2. The number of pyridine rings is 4. The molecule has 6 aromatic heterocycles. The molecule has 0 fully saturated rings. The molecular weight excluding hydrogens is 917 g/mol. The van der Waals surface area contributed by atoms with Crippen molar-refractivity contribution in [2.24, 2.45) is 0 Å². The van der Waals surface area contributed by atoms with Gasteiger partial charge in [0.05, 0.1) is 22.4 Å². The van der Waals surface area contributed by atoms with Gasteiger partial charge >= 0.3 is 0 Å². The second-order valence-corrected chi connectivity index (χ2v) is 20.1. The van der Waals surface area contributed by atoms with E-state index in [1.807, 2.05) is 85.6 Å². The summed E-state index contributed by atoms with van der Waals surface area (Å²) in [6.45, 7) is 13.3. The summed E-state index contributed by atoms with van der Waals surface area (Å²) in [6.07, 6.45) is 11.3. The van der Waals surface area contributed by atoms with Gasteiger partial charge in [-0.25, -0.2) is 9.97 Å². The van der Waals surface area contributed by atoms with E-state index in [0.29, 0.717) is 0 Å². The predicted octanol–water partition coefficient (Wildman–Crippen LogP) is 15.9. The van der Waals surface area contributed by atoms with E-state index in [9.17, 15) is 5.11 Å². The van der Waals surface area contributed by atoms with Crippen LogP contribution in [0.5, 0.6) is 17.2 Å². The molecule has 0 bridgehead atoms. The molecule has 0 aliphatic carbocycles. The molecule has 6 aromatic carbocycles. The zero-order valence-electron chi connectivity index (χ0n) is 39.4. The van der Waals surface area contributed by atoms with Crippen LogP contribution in [0.1, 0.15) is 52.7 Å². The number of rotatable bonds is 4. The lowest BCUT2D eigenvalue weighted by Crippen LogP contribution is -2.11. The molecule has 9 heteroatoms.